The minimum Gasteiger partial charge on any atom is -0.460 e. The molecule has 1 heterocycles. The number of nitrogens with one attached hydrogen (secondary N) is 1. The summed E-state index contributed by atoms with van der Waals surface area (Å²) in [6.07, 6.45) is 1.72. The molecule has 1 N–H and O–H groups in total. The van der Waals surface area contributed by atoms with E-state index < -0.39 is 0 Å². The van der Waals surface area contributed by atoms with Gasteiger partial charge in [-0.3, -0.25) is 4.79 Å². The lowest BCUT2D eigenvalue weighted by Gasteiger charge is -2.00. The van der Waals surface area contributed by atoms with Crippen molar-refractivity contribution in [1.29, 1.82) is 0 Å². The van der Waals surface area contributed by atoms with Crippen molar-refractivity contribution in [3.8, 4) is 0 Å². The number of aryl methyl sites for hydroxylation is 1. The molecule has 0 atom stereocenters. The third-order valence-electron chi connectivity index (χ3n) is 2.42. The van der Waals surface area contributed by atoms with Crippen molar-refractivity contribution in [1.82, 2.24) is 5.43 Å². The quantitative estimate of drug-likeness (QED) is 0.689. The number of hydrazone groups is 1. The van der Waals surface area contributed by atoms with Gasteiger partial charge in [0.2, 0.25) is 5.91 Å². The summed E-state index contributed by atoms with van der Waals surface area (Å²) in [6, 6.07) is 10.7. The maximum absolute atomic E-state index is 11.6. The first-order valence-electron chi connectivity index (χ1n) is 5.76. The van der Waals surface area contributed by atoms with Crippen LogP contribution in [0.15, 0.2) is 45.9 Å². The van der Waals surface area contributed by atoms with Gasteiger partial charge in [-0.05, 0) is 36.8 Å². The molecule has 2 aromatic rings. The minimum atomic E-state index is -0.193. The van der Waals surface area contributed by atoms with Crippen molar-refractivity contribution in [3.63, 3.8) is 0 Å². The van der Waals surface area contributed by atoms with Crippen LogP contribution in [0, 0.1) is 6.92 Å². The number of hydrogen-bond donors (Lipinski definition) is 1. The van der Waals surface area contributed by atoms with Gasteiger partial charge in [0.25, 0.3) is 0 Å². The summed E-state index contributed by atoms with van der Waals surface area (Å²) in [6.45, 7) is 1.84. The molecule has 5 heteroatoms. The van der Waals surface area contributed by atoms with E-state index >= 15 is 0 Å². The lowest BCUT2D eigenvalue weighted by Crippen LogP contribution is -2.19. The van der Waals surface area contributed by atoms with Gasteiger partial charge in [-0.2, -0.15) is 5.10 Å². The van der Waals surface area contributed by atoms with Gasteiger partial charge in [-0.25, -0.2) is 5.43 Å². The van der Waals surface area contributed by atoms with Gasteiger partial charge in [-0.1, -0.05) is 23.7 Å². The van der Waals surface area contributed by atoms with Crippen LogP contribution in [-0.4, -0.2) is 12.1 Å². The molecule has 0 aliphatic carbocycles. The van der Waals surface area contributed by atoms with E-state index in [2.05, 4.69) is 10.5 Å². The maximum atomic E-state index is 11.6. The lowest BCUT2D eigenvalue weighted by atomic mass is 10.1. The molecule has 0 unspecified atom stereocenters. The summed E-state index contributed by atoms with van der Waals surface area (Å²) in [5, 5.41) is 4.47. The molecule has 4 nitrogen and oxygen atoms in total. The summed E-state index contributed by atoms with van der Waals surface area (Å²) in [5.74, 6) is 1.21. The van der Waals surface area contributed by atoms with Crippen molar-refractivity contribution >= 4 is 23.7 Å². The average molecular weight is 277 g/mol. The predicted octanol–water partition coefficient (Wildman–Crippen LogP) is 2.93. The van der Waals surface area contributed by atoms with Crippen LogP contribution in [0.5, 0.6) is 0 Å². The summed E-state index contributed by atoms with van der Waals surface area (Å²) in [5.41, 5.74) is 3.32. The Labute approximate surface area is 116 Å². The van der Waals surface area contributed by atoms with E-state index in [0.717, 1.165) is 11.3 Å². The zero-order valence-corrected chi connectivity index (χ0v) is 11.1. The molecular formula is C14H13ClN2O2. The SMILES string of the molecule is Cc1ccc(/C=N\NC(=O)Cc2ccc(Cl)cc2)o1. The highest BCUT2D eigenvalue weighted by Crippen LogP contribution is 2.09. The molecule has 0 aliphatic rings. The van der Waals surface area contributed by atoms with Crippen LogP contribution in [0.4, 0.5) is 0 Å². The van der Waals surface area contributed by atoms with E-state index in [-0.39, 0.29) is 12.3 Å². The molecular weight excluding hydrogens is 264 g/mol. The van der Waals surface area contributed by atoms with Gasteiger partial charge in [0.15, 0.2) is 0 Å². The molecule has 1 aromatic carbocycles. The Balaban J connectivity index is 1.84. The van der Waals surface area contributed by atoms with Crippen LogP contribution in [0.1, 0.15) is 17.1 Å². The molecule has 0 saturated heterocycles. The molecule has 0 aliphatic heterocycles. The van der Waals surface area contributed by atoms with E-state index in [0.29, 0.717) is 10.8 Å². The predicted molar refractivity (Wildman–Crippen MR) is 74.3 cm³/mol. The maximum Gasteiger partial charge on any atom is 0.244 e. The number of carbonyl (C=O) groups excluding carboxylic acids is 1. The number of benzene rings is 1. The van der Waals surface area contributed by atoms with Gasteiger partial charge < -0.3 is 4.42 Å². The van der Waals surface area contributed by atoms with Crippen molar-refractivity contribution in [2.75, 3.05) is 0 Å². The number of furan rings is 1. The third kappa shape index (κ3) is 4.26. The smallest absolute Gasteiger partial charge is 0.244 e. The van der Waals surface area contributed by atoms with Gasteiger partial charge in [-0.15, -0.1) is 0 Å². The second-order valence-electron chi connectivity index (χ2n) is 4.04. The molecule has 1 aromatic heterocycles. The highest BCUT2D eigenvalue weighted by molar-refractivity contribution is 6.30. The van der Waals surface area contributed by atoms with E-state index in [4.69, 9.17) is 16.0 Å². The van der Waals surface area contributed by atoms with Gasteiger partial charge in [0.1, 0.15) is 11.5 Å². The van der Waals surface area contributed by atoms with Crippen LogP contribution in [-0.2, 0) is 11.2 Å². The molecule has 19 heavy (non-hydrogen) atoms. The van der Waals surface area contributed by atoms with Crippen LogP contribution >= 0.6 is 11.6 Å². The Kier molecular flexibility index (Phi) is 4.36. The summed E-state index contributed by atoms with van der Waals surface area (Å²) >= 11 is 5.77. The number of halogens is 1. The second kappa shape index (κ2) is 6.20. The first-order valence-corrected chi connectivity index (χ1v) is 6.14. The molecule has 0 saturated carbocycles. The first kappa shape index (κ1) is 13.4. The summed E-state index contributed by atoms with van der Waals surface area (Å²) in [7, 11) is 0. The number of rotatable bonds is 4. The Morgan fingerprint density at radius 3 is 2.68 bits per heavy atom. The van der Waals surface area contributed by atoms with Crippen molar-refractivity contribution in [3.05, 3.63) is 58.5 Å². The number of nitrogens with zero attached hydrogens (tertiary/aromatic N) is 1. The monoisotopic (exact) mass is 276 g/mol. The van der Waals surface area contributed by atoms with Crippen LogP contribution in [0.25, 0.3) is 0 Å². The lowest BCUT2D eigenvalue weighted by molar-refractivity contribution is -0.120. The fourth-order valence-electron chi connectivity index (χ4n) is 1.52. The van der Waals surface area contributed by atoms with E-state index in [1.807, 2.05) is 25.1 Å². The minimum absolute atomic E-state index is 0.193. The zero-order chi connectivity index (χ0) is 13.7. The third-order valence-corrected chi connectivity index (χ3v) is 2.67. The van der Waals surface area contributed by atoms with Crippen molar-refractivity contribution in [2.24, 2.45) is 5.10 Å². The van der Waals surface area contributed by atoms with Crippen LogP contribution in [0.3, 0.4) is 0 Å². The van der Waals surface area contributed by atoms with Gasteiger partial charge in [0.05, 0.1) is 12.6 Å². The Morgan fingerprint density at radius 1 is 1.32 bits per heavy atom. The molecule has 0 bridgehead atoms. The van der Waals surface area contributed by atoms with Crippen LogP contribution < -0.4 is 5.43 Å². The van der Waals surface area contributed by atoms with Gasteiger partial charge in [0, 0.05) is 5.02 Å². The normalized spacial score (nSPS) is 10.8. The van der Waals surface area contributed by atoms with Crippen molar-refractivity contribution in [2.45, 2.75) is 13.3 Å². The van der Waals surface area contributed by atoms with E-state index in [1.54, 1.807) is 18.2 Å². The summed E-state index contributed by atoms with van der Waals surface area (Å²) in [4.78, 5) is 11.6. The fourth-order valence-corrected chi connectivity index (χ4v) is 1.64. The number of amides is 1. The first-order chi connectivity index (χ1) is 9.13. The molecule has 0 spiro atoms. The molecule has 1 amide bonds. The Bertz CT molecular complexity index is 588. The number of hydrogen-bond acceptors (Lipinski definition) is 3. The zero-order valence-electron chi connectivity index (χ0n) is 10.4. The van der Waals surface area contributed by atoms with E-state index in [9.17, 15) is 4.79 Å². The summed E-state index contributed by atoms with van der Waals surface area (Å²) < 4.78 is 5.28. The molecule has 0 radical (unpaired) electrons. The van der Waals surface area contributed by atoms with E-state index in [1.165, 1.54) is 6.21 Å². The standard InChI is InChI=1S/C14H13ClN2O2/c1-10-2-7-13(19-10)9-16-17-14(18)8-11-3-5-12(15)6-4-11/h2-7,9H,8H2,1H3,(H,17,18)/b16-9-. The largest absolute Gasteiger partial charge is 0.460 e. The van der Waals surface area contributed by atoms with Crippen molar-refractivity contribution < 1.29 is 9.21 Å². The fraction of sp³-hybridized carbons (Fsp3) is 0.143. The Morgan fingerprint density at radius 2 is 2.05 bits per heavy atom. The van der Waals surface area contributed by atoms with Gasteiger partial charge >= 0.3 is 0 Å². The van der Waals surface area contributed by atoms with Crippen LogP contribution in [0.2, 0.25) is 5.02 Å². The number of carbonyl (C=O) groups is 1. The Hall–Kier alpha value is -2.07. The highest BCUT2D eigenvalue weighted by atomic mass is 35.5. The topological polar surface area (TPSA) is 54.6 Å². The second-order valence-corrected chi connectivity index (χ2v) is 4.48. The molecule has 0 fully saturated rings. The molecule has 98 valence electrons. The molecule has 2 rings (SSSR count). The highest BCUT2D eigenvalue weighted by Gasteiger charge is 2.02. The average Bonchev–Trinajstić information content (AvgIpc) is 2.78.